The van der Waals surface area contributed by atoms with Crippen molar-refractivity contribution in [3.05, 3.63) is 53.8 Å². The van der Waals surface area contributed by atoms with Crippen LogP contribution in [0.25, 0.3) is 16.7 Å². The molecule has 1 N–H and O–H groups in total. The molecular formula is C28H33F3N4O2. The van der Waals surface area contributed by atoms with Crippen LogP contribution < -0.4 is 10.1 Å². The maximum Gasteiger partial charge on any atom is 0.573 e. The highest BCUT2D eigenvalue weighted by molar-refractivity contribution is 5.84. The Morgan fingerprint density at radius 3 is 2.46 bits per heavy atom. The number of halogens is 3. The fraction of sp³-hybridized carbons (Fsp3) is 0.464. The third-order valence-electron chi connectivity index (χ3n) is 7.23. The SMILES string of the molecule is CC1=C(c2ccc3c(c2)nc(Nc2ccc(OC(F)(F)F)cc2)n3[C@@H]2C[C@H](C)CC(C)(C)C2)N(C)CO1. The van der Waals surface area contributed by atoms with Gasteiger partial charge in [-0.25, -0.2) is 4.98 Å². The van der Waals surface area contributed by atoms with Crippen molar-refractivity contribution in [1.82, 2.24) is 14.5 Å². The quantitative estimate of drug-likeness (QED) is 0.379. The Kier molecular flexibility index (Phi) is 6.28. The number of hydrogen-bond acceptors (Lipinski definition) is 5. The highest BCUT2D eigenvalue weighted by atomic mass is 19.4. The third kappa shape index (κ3) is 5.36. The summed E-state index contributed by atoms with van der Waals surface area (Å²) >= 11 is 0. The lowest BCUT2D eigenvalue weighted by molar-refractivity contribution is -0.274. The van der Waals surface area contributed by atoms with Crippen molar-refractivity contribution in [2.45, 2.75) is 59.4 Å². The molecule has 1 fully saturated rings. The average Bonchev–Trinajstić information content (AvgIpc) is 3.30. The molecule has 1 aliphatic heterocycles. The van der Waals surface area contributed by atoms with Gasteiger partial charge in [0, 0.05) is 24.3 Å². The molecule has 3 aromatic rings. The van der Waals surface area contributed by atoms with Crippen LogP contribution in [0.2, 0.25) is 0 Å². The van der Waals surface area contributed by atoms with E-state index in [1.807, 2.05) is 14.0 Å². The number of allylic oxidation sites excluding steroid dienone is 1. The van der Waals surface area contributed by atoms with Crippen molar-refractivity contribution in [2.24, 2.45) is 11.3 Å². The normalized spacial score (nSPS) is 21.9. The van der Waals surface area contributed by atoms with Crippen LogP contribution in [0.15, 0.2) is 48.2 Å². The van der Waals surface area contributed by atoms with Crippen LogP contribution in [-0.2, 0) is 4.74 Å². The highest BCUT2D eigenvalue weighted by Crippen LogP contribution is 2.46. The van der Waals surface area contributed by atoms with Crippen LogP contribution in [0.3, 0.4) is 0 Å². The maximum atomic E-state index is 12.6. The fourth-order valence-electron chi connectivity index (χ4n) is 6.08. The molecule has 0 radical (unpaired) electrons. The van der Waals surface area contributed by atoms with Crippen LogP contribution >= 0.6 is 0 Å². The van der Waals surface area contributed by atoms with Gasteiger partial charge in [0.25, 0.3) is 0 Å². The summed E-state index contributed by atoms with van der Waals surface area (Å²) in [6.45, 7) is 9.40. The molecule has 2 aromatic carbocycles. The van der Waals surface area contributed by atoms with E-state index in [1.165, 1.54) is 18.6 Å². The molecule has 2 aliphatic rings. The maximum absolute atomic E-state index is 12.6. The summed E-state index contributed by atoms with van der Waals surface area (Å²) in [7, 11) is 2.00. The van der Waals surface area contributed by atoms with Crippen molar-refractivity contribution < 1.29 is 22.6 Å². The number of imidazole rings is 1. The summed E-state index contributed by atoms with van der Waals surface area (Å²) < 4.78 is 49.8. The van der Waals surface area contributed by atoms with Gasteiger partial charge < -0.3 is 24.3 Å². The fourth-order valence-corrected chi connectivity index (χ4v) is 6.08. The highest BCUT2D eigenvalue weighted by Gasteiger charge is 2.35. The average molecular weight is 515 g/mol. The van der Waals surface area contributed by atoms with Crippen molar-refractivity contribution >= 4 is 28.4 Å². The second-order valence-corrected chi connectivity index (χ2v) is 11.1. The molecule has 1 aromatic heterocycles. The monoisotopic (exact) mass is 514 g/mol. The first kappa shape index (κ1) is 25.3. The van der Waals surface area contributed by atoms with Crippen LogP contribution in [0.4, 0.5) is 24.8 Å². The number of rotatable bonds is 5. The Balaban J connectivity index is 1.55. The first-order valence-electron chi connectivity index (χ1n) is 12.6. The number of benzene rings is 2. The van der Waals surface area contributed by atoms with Gasteiger partial charge in [-0.2, -0.15) is 0 Å². The van der Waals surface area contributed by atoms with E-state index in [4.69, 9.17) is 9.72 Å². The standard InChI is InChI=1S/C28H33F3N4O2/c1-17-12-21(15-27(3,4)14-17)35-24-11-6-19(25-18(2)36-16-34(25)5)13-23(24)33-26(35)32-20-7-9-22(10-8-20)37-28(29,30)31/h6-11,13,17,21H,12,14-16H2,1-5H3,(H,32,33)/t17-,21+/m0/s1. The molecule has 198 valence electrons. The molecule has 1 aliphatic carbocycles. The summed E-state index contributed by atoms with van der Waals surface area (Å²) in [5.41, 5.74) is 4.79. The molecule has 5 rings (SSSR count). The third-order valence-corrected chi connectivity index (χ3v) is 7.23. The second kappa shape index (κ2) is 9.19. The molecule has 9 heteroatoms. The van der Waals surface area contributed by atoms with Crippen LogP contribution in [0.1, 0.15) is 58.6 Å². The lowest BCUT2D eigenvalue weighted by atomic mass is 9.70. The van der Waals surface area contributed by atoms with E-state index in [2.05, 4.69) is 58.5 Å². The van der Waals surface area contributed by atoms with E-state index in [0.29, 0.717) is 24.3 Å². The smallest absolute Gasteiger partial charge is 0.476 e. The minimum Gasteiger partial charge on any atom is -0.476 e. The minimum atomic E-state index is -4.72. The number of anilines is 2. The number of alkyl halides is 3. The zero-order valence-corrected chi connectivity index (χ0v) is 21.8. The Hall–Kier alpha value is -3.36. The van der Waals surface area contributed by atoms with Gasteiger partial charge in [0.1, 0.15) is 11.5 Å². The Labute approximate surface area is 215 Å². The molecule has 1 saturated carbocycles. The van der Waals surface area contributed by atoms with E-state index >= 15 is 0 Å². The summed E-state index contributed by atoms with van der Waals surface area (Å²) in [4.78, 5) is 7.05. The van der Waals surface area contributed by atoms with Gasteiger partial charge in [-0.3, -0.25) is 0 Å². The number of aromatic nitrogens is 2. The zero-order chi connectivity index (χ0) is 26.5. The lowest BCUT2D eigenvalue weighted by Gasteiger charge is -2.40. The van der Waals surface area contributed by atoms with Gasteiger partial charge in [0.15, 0.2) is 6.73 Å². The number of hydrogen-bond donors (Lipinski definition) is 1. The first-order chi connectivity index (χ1) is 17.4. The molecule has 37 heavy (non-hydrogen) atoms. The molecule has 2 heterocycles. The van der Waals surface area contributed by atoms with Crippen LogP contribution in [-0.4, -0.2) is 34.6 Å². The topological polar surface area (TPSA) is 51.6 Å². The van der Waals surface area contributed by atoms with E-state index in [9.17, 15) is 13.2 Å². The Bertz CT molecular complexity index is 1330. The van der Waals surface area contributed by atoms with E-state index in [1.54, 1.807) is 12.1 Å². The number of nitrogens with one attached hydrogen (secondary N) is 1. The van der Waals surface area contributed by atoms with Gasteiger partial charge in [0.05, 0.1) is 16.7 Å². The summed E-state index contributed by atoms with van der Waals surface area (Å²) in [6.07, 6.45) is -1.51. The summed E-state index contributed by atoms with van der Waals surface area (Å²) in [6, 6.07) is 12.3. The van der Waals surface area contributed by atoms with Crippen molar-refractivity contribution in [3.8, 4) is 5.75 Å². The van der Waals surface area contributed by atoms with Gasteiger partial charge in [-0.05, 0) is 73.9 Å². The first-order valence-corrected chi connectivity index (χ1v) is 12.6. The minimum absolute atomic E-state index is 0.193. The van der Waals surface area contributed by atoms with E-state index in [0.717, 1.165) is 40.9 Å². The van der Waals surface area contributed by atoms with Crippen LogP contribution in [0, 0.1) is 11.3 Å². The molecular weight excluding hydrogens is 481 g/mol. The van der Waals surface area contributed by atoms with Crippen molar-refractivity contribution in [2.75, 3.05) is 19.1 Å². The number of nitrogens with zero attached hydrogens (tertiary/aromatic N) is 3. The Morgan fingerprint density at radius 1 is 1.11 bits per heavy atom. The van der Waals surface area contributed by atoms with Gasteiger partial charge in [-0.15, -0.1) is 13.2 Å². The number of fused-ring (bicyclic) bond motifs is 1. The van der Waals surface area contributed by atoms with Crippen molar-refractivity contribution in [3.63, 3.8) is 0 Å². The second-order valence-electron chi connectivity index (χ2n) is 11.1. The lowest BCUT2D eigenvalue weighted by Crippen LogP contribution is -2.29. The van der Waals surface area contributed by atoms with Crippen molar-refractivity contribution in [1.29, 1.82) is 0 Å². The molecule has 0 bridgehead atoms. The van der Waals surface area contributed by atoms with E-state index in [-0.39, 0.29) is 17.2 Å². The molecule has 0 unspecified atom stereocenters. The zero-order valence-electron chi connectivity index (χ0n) is 21.8. The molecule has 0 saturated heterocycles. The molecule has 6 nitrogen and oxygen atoms in total. The summed E-state index contributed by atoms with van der Waals surface area (Å²) in [5, 5.41) is 3.37. The molecule has 0 amide bonds. The molecule has 2 atom stereocenters. The van der Waals surface area contributed by atoms with Crippen LogP contribution in [0.5, 0.6) is 5.75 Å². The predicted molar refractivity (Wildman–Crippen MR) is 138 cm³/mol. The Morgan fingerprint density at radius 2 is 1.84 bits per heavy atom. The van der Waals surface area contributed by atoms with Gasteiger partial charge in [-0.1, -0.05) is 26.8 Å². The largest absolute Gasteiger partial charge is 0.573 e. The molecule has 0 spiro atoms. The predicted octanol–water partition coefficient (Wildman–Crippen LogP) is 7.67. The summed E-state index contributed by atoms with van der Waals surface area (Å²) in [5.74, 6) is 1.86. The van der Waals surface area contributed by atoms with Gasteiger partial charge in [0.2, 0.25) is 5.95 Å². The van der Waals surface area contributed by atoms with E-state index < -0.39 is 6.36 Å². The van der Waals surface area contributed by atoms with Gasteiger partial charge >= 0.3 is 6.36 Å². The number of ether oxygens (including phenoxy) is 2.